The van der Waals surface area contributed by atoms with Gasteiger partial charge in [0.25, 0.3) is 5.91 Å². The minimum absolute atomic E-state index is 0.0525. The first-order chi connectivity index (χ1) is 16.9. The van der Waals surface area contributed by atoms with Gasteiger partial charge in [-0.15, -0.1) is 5.10 Å². The molecule has 184 valence electrons. The third kappa shape index (κ3) is 4.40. The zero-order valence-corrected chi connectivity index (χ0v) is 18.7. The van der Waals surface area contributed by atoms with E-state index in [9.17, 15) is 18.7 Å². The number of carbonyl (C=O) groups is 1. The minimum atomic E-state index is -1.46. The maximum atomic E-state index is 14.0. The second-order valence-electron chi connectivity index (χ2n) is 8.10. The van der Waals surface area contributed by atoms with Gasteiger partial charge < -0.3 is 19.3 Å². The number of nitrogens with zero attached hydrogens (tertiary/aromatic N) is 3. The molecule has 0 aliphatic carbocycles. The molecule has 35 heavy (non-hydrogen) atoms. The number of fused-ring (bicyclic) bond motifs is 1. The van der Waals surface area contributed by atoms with Crippen LogP contribution in [0.1, 0.15) is 17.9 Å². The average molecular weight is 508 g/mol. The maximum absolute atomic E-state index is 14.0. The molecule has 1 unspecified atom stereocenters. The molecule has 13 heteroatoms. The molecule has 2 aromatic carbocycles. The van der Waals surface area contributed by atoms with Crippen molar-refractivity contribution >= 4 is 17.5 Å². The lowest BCUT2D eigenvalue weighted by Gasteiger charge is -2.47. The lowest BCUT2D eigenvalue weighted by molar-refractivity contribution is -0.312. The zero-order valence-electron chi connectivity index (χ0n) is 17.9. The van der Waals surface area contributed by atoms with Gasteiger partial charge in [-0.25, -0.2) is 19.3 Å². The van der Waals surface area contributed by atoms with Crippen LogP contribution < -0.4 is 11.3 Å². The monoisotopic (exact) mass is 507 g/mol. The van der Waals surface area contributed by atoms with Crippen molar-refractivity contribution in [2.24, 2.45) is 5.84 Å². The first-order valence-corrected chi connectivity index (χ1v) is 11.0. The minimum Gasteiger partial charge on any atom is -0.387 e. The summed E-state index contributed by atoms with van der Waals surface area (Å²) in [5.41, 5.74) is 2.91. The molecule has 4 N–H and O–H groups in total. The Morgan fingerprint density at radius 3 is 2.60 bits per heavy atom. The third-order valence-corrected chi connectivity index (χ3v) is 6.31. The van der Waals surface area contributed by atoms with Crippen LogP contribution in [0.4, 0.5) is 8.78 Å². The number of aliphatic hydroxyl groups is 1. The zero-order chi connectivity index (χ0) is 24.7. The van der Waals surface area contributed by atoms with Gasteiger partial charge in [0.15, 0.2) is 12.4 Å². The van der Waals surface area contributed by atoms with Crippen molar-refractivity contribution in [3.05, 3.63) is 70.9 Å². The Morgan fingerprint density at radius 1 is 1.20 bits per heavy atom. The van der Waals surface area contributed by atoms with Crippen molar-refractivity contribution < 1.29 is 32.9 Å². The van der Waals surface area contributed by atoms with Crippen LogP contribution in [0.15, 0.2) is 48.7 Å². The Labute approximate surface area is 202 Å². The van der Waals surface area contributed by atoms with Crippen LogP contribution in [0, 0.1) is 11.6 Å². The molecule has 0 radical (unpaired) electrons. The van der Waals surface area contributed by atoms with Crippen LogP contribution in [0.25, 0.3) is 11.3 Å². The van der Waals surface area contributed by atoms with Crippen molar-refractivity contribution in [1.29, 1.82) is 0 Å². The summed E-state index contributed by atoms with van der Waals surface area (Å²) in [5.74, 6) is 2.59. The van der Waals surface area contributed by atoms with Gasteiger partial charge in [0.2, 0.25) is 0 Å². The summed E-state index contributed by atoms with van der Waals surface area (Å²) >= 11 is 5.57. The number of aliphatic hydroxyl groups excluding tert-OH is 1. The van der Waals surface area contributed by atoms with Crippen LogP contribution >= 0.6 is 11.6 Å². The Hall–Kier alpha value is -3.00. The highest BCUT2D eigenvalue weighted by molar-refractivity contribution is 6.31. The number of hydrazine groups is 1. The number of benzene rings is 2. The average Bonchev–Trinajstić information content (AvgIpc) is 3.36. The van der Waals surface area contributed by atoms with Crippen molar-refractivity contribution in [1.82, 2.24) is 20.4 Å². The van der Waals surface area contributed by atoms with Crippen molar-refractivity contribution in [2.45, 2.75) is 36.7 Å². The summed E-state index contributed by atoms with van der Waals surface area (Å²) in [6.07, 6.45) is -3.78. The van der Waals surface area contributed by atoms with Gasteiger partial charge in [0.05, 0.1) is 12.8 Å². The lowest BCUT2D eigenvalue weighted by atomic mass is 9.91. The number of ether oxygens (including phenoxy) is 3. The summed E-state index contributed by atoms with van der Waals surface area (Å²) in [4.78, 5) is 12.3. The quantitative estimate of drug-likeness (QED) is 0.210. The molecule has 0 spiro atoms. The van der Waals surface area contributed by atoms with Crippen LogP contribution in [0.2, 0.25) is 5.02 Å². The number of halogens is 3. The number of nitrogens with one attached hydrogen (secondary N) is 1. The SMILES string of the molecule is NNC(=O)[C@@H]1O[C@@H]2COC(c3ccccc3)O[C@@H]2[C@H](n2cc(-c3cc(F)c(Cl)c(F)c3)nn2)[C@H]1O. The highest BCUT2D eigenvalue weighted by atomic mass is 35.5. The standard InChI is InChI=1S/C22H20ClF2N5O5/c23-16-12(24)6-11(7-13(16)25)14-8-30(29-28-14)17-18(31)20(21(32)27-26)34-15-9-33-22(35-19(15)17)10-4-2-1-3-5-10/h1-8,15,17-20,22,31H,9,26H2,(H,27,32)/t15-,17-,18-,19+,20-,22?/m1/s1. The molecule has 3 aromatic rings. The highest BCUT2D eigenvalue weighted by Gasteiger charge is 2.52. The fourth-order valence-electron chi connectivity index (χ4n) is 4.26. The summed E-state index contributed by atoms with van der Waals surface area (Å²) in [7, 11) is 0. The fraction of sp³-hybridized carbons (Fsp3) is 0.318. The second kappa shape index (κ2) is 9.57. The van der Waals surface area contributed by atoms with Crippen molar-refractivity contribution in [3.63, 3.8) is 0 Å². The Bertz CT molecular complexity index is 1210. The second-order valence-corrected chi connectivity index (χ2v) is 8.48. The lowest BCUT2D eigenvalue weighted by Crippen LogP contribution is -2.63. The van der Waals surface area contributed by atoms with Crippen molar-refractivity contribution in [3.8, 4) is 11.3 Å². The van der Waals surface area contributed by atoms with Crippen LogP contribution in [-0.2, 0) is 19.0 Å². The summed E-state index contributed by atoms with van der Waals surface area (Å²) in [6, 6.07) is 10.2. The van der Waals surface area contributed by atoms with Gasteiger partial charge in [-0.1, -0.05) is 47.1 Å². The van der Waals surface area contributed by atoms with Gasteiger partial charge in [0.1, 0.15) is 46.7 Å². The van der Waals surface area contributed by atoms with Gasteiger partial charge in [-0.05, 0) is 12.1 Å². The van der Waals surface area contributed by atoms with E-state index in [-0.39, 0.29) is 17.9 Å². The molecule has 2 fully saturated rings. The van der Waals surface area contributed by atoms with Gasteiger partial charge >= 0.3 is 0 Å². The third-order valence-electron chi connectivity index (χ3n) is 5.94. The molecule has 1 aromatic heterocycles. The molecular weight excluding hydrogens is 488 g/mol. The van der Waals surface area contributed by atoms with Gasteiger partial charge in [0, 0.05) is 11.1 Å². The van der Waals surface area contributed by atoms with E-state index in [0.717, 1.165) is 17.7 Å². The maximum Gasteiger partial charge on any atom is 0.265 e. The Balaban J connectivity index is 1.50. The summed E-state index contributed by atoms with van der Waals surface area (Å²) in [5, 5.41) is 18.5. The van der Waals surface area contributed by atoms with E-state index in [1.165, 1.54) is 10.9 Å². The van der Waals surface area contributed by atoms with Gasteiger partial charge in [-0.3, -0.25) is 10.2 Å². The molecule has 1 amide bonds. The first kappa shape index (κ1) is 23.7. The highest BCUT2D eigenvalue weighted by Crippen LogP contribution is 2.39. The molecule has 10 nitrogen and oxygen atoms in total. The molecule has 0 saturated carbocycles. The van der Waals surface area contributed by atoms with Crippen molar-refractivity contribution in [2.75, 3.05) is 6.61 Å². The number of hydrogen-bond donors (Lipinski definition) is 3. The number of nitrogens with two attached hydrogens (primary N) is 1. The molecule has 2 saturated heterocycles. The largest absolute Gasteiger partial charge is 0.387 e. The topological polar surface area (TPSA) is 134 Å². The van der Waals surface area contributed by atoms with E-state index in [0.29, 0.717) is 0 Å². The van der Waals surface area contributed by atoms with E-state index < -0.39 is 59.3 Å². The number of rotatable bonds is 4. The summed E-state index contributed by atoms with van der Waals surface area (Å²) in [6.45, 7) is 0.0525. The summed E-state index contributed by atoms with van der Waals surface area (Å²) < 4.78 is 46.9. The van der Waals surface area contributed by atoms with Crippen LogP contribution in [0.5, 0.6) is 0 Å². The number of hydrogen-bond acceptors (Lipinski definition) is 8. The molecule has 5 rings (SSSR count). The number of aromatic nitrogens is 3. The van der Waals surface area contributed by atoms with E-state index >= 15 is 0 Å². The molecular formula is C22H20ClF2N5O5. The first-order valence-electron chi connectivity index (χ1n) is 10.6. The molecule has 6 atom stereocenters. The Morgan fingerprint density at radius 2 is 1.91 bits per heavy atom. The predicted molar refractivity (Wildman–Crippen MR) is 116 cm³/mol. The Kier molecular flexibility index (Phi) is 6.49. The van der Waals surface area contributed by atoms with Crippen LogP contribution in [0.3, 0.4) is 0 Å². The van der Waals surface area contributed by atoms with E-state index in [4.69, 9.17) is 31.7 Å². The fourth-order valence-corrected chi connectivity index (χ4v) is 4.36. The molecule has 3 heterocycles. The van der Waals surface area contributed by atoms with E-state index in [1.807, 2.05) is 35.8 Å². The predicted octanol–water partition coefficient (Wildman–Crippen LogP) is 1.65. The van der Waals surface area contributed by atoms with E-state index in [2.05, 4.69) is 10.3 Å². The van der Waals surface area contributed by atoms with Crippen LogP contribution in [-0.4, -0.2) is 57.0 Å². The molecule has 0 bridgehead atoms. The number of carbonyl (C=O) groups excluding carboxylic acids is 1. The van der Waals surface area contributed by atoms with Gasteiger partial charge in [-0.2, -0.15) is 0 Å². The smallest absolute Gasteiger partial charge is 0.265 e. The number of amides is 1. The molecule has 2 aliphatic heterocycles. The normalized spacial score (nSPS) is 28.4. The molecule has 2 aliphatic rings. The van der Waals surface area contributed by atoms with E-state index in [1.54, 1.807) is 0 Å².